The molecule has 1 rings (SSSR count). The summed E-state index contributed by atoms with van der Waals surface area (Å²) in [6, 6.07) is 0. The minimum atomic E-state index is -4.44. The third-order valence-corrected chi connectivity index (χ3v) is 1.72. The van der Waals surface area contributed by atoms with Gasteiger partial charge in [-0.25, -0.2) is 4.98 Å². The Morgan fingerprint density at radius 3 is 2.73 bits per heavy atom. The summed E-state index contributed by atoms with van der Waals surface area (Å²) in [5.41, 5.74) is 0.218. The van der Waals surface area contributed by atoms with E-state index in [0.29, 0.717) is 0 Å². The summed E-state index contributed by atoms with van der Waals surface area (Å²) in [5, 5.41) is 0. The third-order valence-electron chi connectivity index (χ3n) is 1.08. The van der Waals surface area contributed by atoms with Crippen LogP contribution in [0.25, 0.3) is 0 Å². The van der Waals surface area contributed by atoms with Crippen molar-refractivity contribution in [2.75, 3.05) is 0 Å². The average Bonchev–Trinajstić information content (AvgIpc) is 2.10. The van der Waals surface area contributed by atoms with Gasteiger partial charge in [-0.15, -0.1) is 3.89 Å². The Morgan fingerprint density at radius 1 is 1.73 bits per heavy atom. The third kappa shape index (κ3) is 2.67. The Hall–Kier alpha value is -0.910. The first-order valence-electron chi connectivity index (χ1n) is 2.86. The van der Waals surface area contributed by atoms with Crippen LogP contribution < -0.4 is 0 Å². The van der Waals surface area contributed by atoms with Crippen LogP contribution in [0.5, 0.6) is 0 Å². The number of hydrogen-bond donors (Lipinski definition) is 0. The highest BCUT2D eigenvalue weighted by molar-refractivity contribution is 7.85. The van der Waals surface area contributed by atoms with Gasteiger partial charge < -0.3 is 4.57 Å². The second-order valence-corrected chi connectivity index (χ2v) is 3.58. The Kier molecular flexibility index (Phi) is 1.95. The monoisotopic (exact) mass is 178 g/mol. The summed E-state index contributed by atoms with van der Waals surface area (Å²) >= 11 is 0. The molecule has 0 radical (unpaired) electrons. The lowest BCUT2D eigenvalue weighted by atomic mass is 10.6. The van der Waals surface area contributed by atoms with E-state index in [2.05, 4.69) is 4.98 Å². The van der Waals surface area contributed by atoms with E-state index in [4.69, 9.17) is 0 Å². The molecule has 0 aliphatic carbocycles. The number of aromatic nitrogens is 2. The van der Waals surface area contributed by atoms with Crippen molar-refractivity contribution in [3.8, 4) is 0 Å². The Balaban J connectivity index is 2.81. The zero-order valence-electron chi connectivity index (χ0n) is 5.86. The Bertz CT molecular complexity index is 343. The average molecular weight is 178 g/mol. The molecule has 0 aliphatic heterocycles. The van der Waals surface area contributed by atoms with Crippen molar-refractivity contribution in [2.45, 2.75) is 5.75 Å². The van der Waals surface area contributed by atoms with Crippen molar-refractivity contribution in [1.82, 2.24) is 9.55 Å². The Labute approximate surface area is 63.9 Å². The van der Waals surface area contributed by atoms with Gasteiger partial charge in [0.15, 0.2) is 0 Å². The molecule has 11 heavy (non-hydrogen) atoms. The van der Waals surface area contributed by atoms with Gasteiger partial charge in [0.2, 0.25) is 0 Å². The van der Waals surface area contributed by atoms with Gasteiger partial charge in [-0.3, -0.25) is 0 Å². The van der Waals surface area contributed by atoms with Gasteiger partial charge in [-0.2, -0.15) is 8.42 Å². The van der Waals surface area contributed by atoms with Crippen LogP contribution in [0.2, 0.25) is 0 Å². The first-order valence-corrected chi connectivity index (χ1v) is 4.42. The van der Waals surface area contributed by atoms with Gasteiger partial charge in [0.25, 0.3) is 0 Å². The predicted octanol–water partition coefficient (Wildman–Crippen LogP) is 0.219. The van der Waals surface area contributed by atoms with Crippen LogP contribution in [-0.2, 0) is 23.0 Å². The van der Waals surface area contributed by atoms with Crippen LogP contribution in [0.1, 0.15) is 5.69 Å². The normalized spacial score (nSPS) is 11.8. The number of halogens is 1. The van der Waals surface area contributed by atoms with Crippen molar-refractivity contribution in [2.24, 2.45) is 7.05 Å². The van der Waals surface area contributed by atoms with Gasteiger partial charge in [0, 0.05) is 13.2 Å². The van der Waals surface area contributed by atoms with Crippen LogP contribution in [0.3, 0.4) is 0 Å². The van der Waals surface area contributed by atoms with E-state index < -0.39 is 16.0 Å². The van der Waals surface area contributed by atoms with Crippen LogP contribution in [0, 0.1) is 0 Å². The summed E-state index contributed by atoms with van der Waals surface area (Å²) in [7, 11) is -2.76. The number of hydrogen-bond acceptors (Lipinski definition) is 3. The largest absolute Gasteiger partial charge is 0.340 e. The summed E-state index contributed by atoms with van der Waals surface area (Å²) in [6.45, 7) is 0. The second-order valence-electron chi connectivity index (χ2n) is 2.21. The van der Waals surface area contributed by atoms with Crippen LogP contribution >= 0.6 is 0 Å². The van der Waals surface area contributed by atoms with E-state index in [9.17, 15) is 12.3 Å². The van der Waals surface area contributed by atoms with Crippen LogP contribution in [0.4, 0.5) is 3.89 Å². The molecule has 0 aromatic carbocycles. The lowest BCUT2D eigenvalue weighted by Gasteiger charge is -1.87. The molecule has 0 unspecified atom stereocenters. The second kappa shape index (κ2) is 2.61. The van der Waals surface area contributed by atoms with E-state index in [1.807, 2.05) is 0 Å². The van der Waals surface area contributed by atoms with E-state index in [0.717, 1.165) is 0 Å². The van der Waals surface area contributed by atoms with E-state index in [-0.39, 0.29) is 5.69 Å². The molecule has 0 bridgehead atoms. The molecule has 0 aliphatic rings. The molecule has 1 aromatic heterocycles. The summed E-state index contributed by atoms with van der Waals surface area (Å²) in [4.78, 5) is 3.64. The molecule has 6 heteroatoms. The molecule has 0 N–H and O–H groups in total. The molecule has 62 valence electrons. The van der Waals surface area contributed by atoms with E-state index in [1.54, 1.807) is 11.6 Å². The summed E-state index contributed by atoms with van der Waals surface area (Å²) in [6.07, 6.45) is 2.87. The smallest absolute Gasteiger partial charge is 0.308 e. The van der Waals surface area contributed by atoms with Gasteiger partial charge >= 0.3 is 10.2 Å². The Morgan fingerprint density at radius 2 is 2.36 bits per heavy atom. The molecule has 0 spiro atoms. The van der Waals surface area contributed by atoms with Gasteiger partial charge in [-0.1, -0.05) is 0 Å². The number of nitrogens with zero attached hydrogens (tertiary/aromatic N) is 2. The molecule has 0 saturated carbocycles. The molecule has 0 amide bonds. The van der Waals surface area contributed by atoms with Gasteiger partial charge in [0.1, 0.15) is 5.75 Å². The molecular formula is C5H7FN2O2S. The zero-order chi connectivity index (χ0) is 8.48. The predicted molar refractivity (Wildman–Crippen MR) is 36.9 cm³/mol. The van der Waals surface area contributed by atoms with Gasteiger partial charge in [0.05, 0.1) is 12.0 Å². The lowest BCUT2D eigenvalue weighted by Crippen LogP contribution is -1.95. The standard InChI is InChI=1S/C5H7FN2O2S/c1-8-2-5(7-4-8)3-11(6,9)10/h2,4H,3H2,1H3. The molecule has 1 aromatic rings. The van der Waals surface area contributed by atoms with Crippen molar-refractivity contribution < 1.29 is 12.3 Å². The molecule has 4 nitrogen and oxygen atoms in total. The van der Waals surface area contributed by atoms with E-state index in [1.165, 1.54) is 12.5 Å². The first-order chi connectivity index (χ1) is 4.97. The fraction of sp³-hybridized carbons (Fsp3) is 0.400. The molecule has 0 saturated heterocycles. The van der Waals surface area contributed by atoms with Crippen LogP contribution in [-0.4, -0.2) is 18.0 Å². The minimum absolute atomic E-state index is 0.218. The minimum Gasteiger partial charge on any atom is -0.340 e. The molecule has 1 heterocycles. The fourth-order valence-electron chi connectivity index (χ4n) is 0.718. The lowest BCUT2D eigenvalue weighted by molar-refractivity contribution is 0.550. The van der Waals surface area contributed by atoms with Crippen molar-refractivity contribution >= 4 is 10.2 Å². The number of aryl methyl sites for hydroxylation is 1. The zero-order valence-corrected chi connectivity index (χ0v) is 6.68. The molecular weight excluding hydrogens is 171 g/mol. The highest BCUT2D eigenvalue weighted by atomic mass is 32.3. The SMILES string of the molecule is Cn1cnc(CS(=O)(=O)F)c1. The topological polar surface area (TPSA) is 52.0 Å². The van der Waals surface area contributed by atoms with Crippen molar-refractivity contribution in [3.63, 3.8) is 0 Å². The quantitative estimate of drug-likeness (QED) is 0.609. The van der Waals surface area contributed by atoms with E-state index >= 15 is 0 Å². The van der Waals surface area contributed by atoms with Gasteiger partial charge in [-0.05, 0) is 0 Å². The summed E-state index contributed by atoms with van der Waals surface area (Å²) in [5.74, 6) is -0.645. The maximum atomic E-state index is 12.0. The number of rotatable bonds is 2. The molecule has 0 atom stereocenters. The summed E-state index contributed by atoms with van der Waals surface area (Å²) < 4.78 is 33.8. The van der Waals surface area contributed by atoms with Crippen molar-refractivity contribution in [1.29, 1.82) is 0 Å². The fourth-order valence-corrected chi connectivity index (χ4v) is 1.22. The maximum absolute atomic E-state index is 12.0. The number of imidazole rings is 1. The highest BCUT2D eigenvalue weighted by Gasteiger charge is 2.10. The first kappa shape index (κ1) is 8.19. The molecule has 0 fully saturated rings. The highest BCUT2D eigenvalue weighted by Crippen LogP contribution is 2.03. The van der Waals surface area contributed by atoms with Crippen molar-refractivity contribution in [3.05, 3.63) is 18.2 Å². The maximum Gasteiger partial charge on any atom is 0.308 e. The van der Waals surface area contributed by atoms with Crippen LogP contribution in [0.15, 0.2) is 12.5 Å².